The summed E-state index contributed by atoms with van der Waals surface area (Å²) < 4.78 is 28.1. The van der Waals surface area contributed by atoms with Crippen molar-refractivity contribution in [3.63, 3.8) is 0 Å². The van der Waals surface area contributed by atoms with E-state index < -0.39 is 10.0 Å². The van der Waals surface area contributed by atoms with Crippen molar-refractivity contribution in [1.29, 1.82) is 0 Å². The molecule has 2 aromatic rings. The standard InChI is InChI=1S/C12H15BrN2O3S3/c1-6-11(19-8(3)14-6)7(2)15-21(17,18)10-4-9(5-16)20-12(10)13/h4,7,15-16H,5H2,1-3H3. The number of sulfonamides is 1. The Morgan fingerprint density at radius 3 is 2.57 bits per heavy atom. The summed E-state index contributed by atoms with van der Waals surface area (Å²) in [6.45, 7) is 5.38. The van der Waals surface area contributed by atoms with Crippen molar-refractivity contribution in [2.24, 2.45) is 0 Å². The van der Waals surface area contributed by atoms with E-state index in [1.54, 1.807) is 6.92 Å². The van der Waals surface area contributed by atoms with Crippen LogP contribution in [0.1, 0.15) is 33.4 Å². The smallest absolute Gasteiger partial charge is 0.243 e. The molecule has 0 bridgehead atoms. The lowest BCUT2D eigenvalue weighted by molar-refractivity contribution is 0.285. The third-order valence-electron chi connectivity index (χ3n) is 2.82. The minimum Gasteiger partial charge on any atom is -0.391 e. The Morgan fingerprint density at radius 2 is 2.10 bits per heavy atom. The highest BCUT2D eigenvalue weighted by Crippen LogP contribution is 2.33. The molecule has 5 nitrogen and oxygen atoms in total. The lowest BCUT2D eigenvalue weighted by atomic mass is 10.2. The van der Waals surface area contributed by atoms with E-state index >= 15 is 0 Å². The first kappa shape index (κ1) is 17.0. The highest BCUT2D eigenvalue weighted by Gasteiger charge is 2.25. The first-order chi connectivity index (χ1) is 9.74. The summed E-state index contributed by atoms with van der Waals surface area (Å²) in [7, 11) is -3.65. The van der Waals surface area contributed by atoms with Crippen LogP contribution in [0.5, 0.6) is 0 Å². The molecule has 2 rings (SSSR count). The summed E-state index contributed by atoms with van der Waals surface area (Å²) in [4.78, 5) is 5.97. The van der Waals surface area contributed by atoms with Gasteiger partial charge in [-0.3, -0.25) is 0 Å². The topological polar surface area (TPSA) is 79.3 Å². The van der Waals surface area contributed by atoms with Gasteiger partial charge in [0.1, 0.15) is 4.90 Å². The van der Waals surface area contributed by atoms with Gasteiger partial charge in [-0.1, -0.05) is 0 Å². The molecule has 0 aliphatic rings. The van der Waals surface area contributed by atoms with Crippen LogP contribution >= 0.6 is 38.6 Å². The van der Waals surface area contributed by atoms with Crippen molar-refractivity contribution in [2.45, 2.75) is 38.3 Å². The maximum atomic E-state index is 12.5. The molecule has 0 spiro atoms. The Morgan fingerprint density at radius 1 is 1.43 bits per heavy atom. The van der Waals surface area contributed by atoms with Crippen molar-refractivity contribution in [2.75, 3.05) is 0 Å². The van der Waals surface area contributed by atoms with Crippen molar-refractivity contribution in [3.8, 4) is 0 Å². The van der Waals surface area contributed by atoms with E-state index in [9.17, 15) is 8.42 Å². The zero-order valence-corrected chi connectivity index (χ0v) is 15.7. The zero-order valence-electron chi connectivity index (χ0n) is 11.7. The number of thiazole rings is 1. The van der Waals surface area contributed by atoms with Crippen molar-refractivity contribution < 1.29 is 13.5 Å². The lowest BCUT2D eigenvalue weighted by Gasteiger charge is -2.13. The normalized spacial score (nSPS) is 13.6. The third-order valence-corrected chi connectivity index (χ3v) is 7.85. The number of nitrogens with one attached hydrogen (secondary N) is 1. The van der Waals surface area contributed by atoms with Gasteiger partial charge in [0, 0.05) is 9.75 Å². The molecule has 1 atom stereocenters. The summed E-state index contributed by atoms with van der Waals surface area (Å²) >= 11 is 5.93. The SMILES string of the molecule is Cc1nc(C)c(C(C)NS(=O)(=O)c2cc(CO)sc2Br)s1. The molecular weight excluding hydrogens is 396 g/mol. The van der Waals surface area contributed by atoms with E-state index in [0.717, 1.165) is 15.6 Å². The molecule has 116 valence electrons. The van der Waals surface area contributed by atoms with Crippen molar-refractivity contribution in [3.05, 3.63) is 30.3 Å². The molecule has 2 N–H and O–H groups in total. The minimum atomic E-state index is -3.65. The summed E-state index contributed by atoms with van der Waals surface area (Å²) in [6.07, 6.45) is 0. The number of halogens is 1. The van der Waals surface area contributed by atoms with E-state index in [1.165, 1.54) is 28.7 Å². The van der Waals surface area contributed by atoms with Gasteiger partial charge in [-0.05, 0) is 42.8 Å². The number of hydrogen-bond acceptors (Lipinski definition) is 6. The van der Waals surface area contributed by atoms with E-state index in [4.69, 9.17) is 5.11 Å². The van der Waals surface area contributed by atoms with Gasteiger partial charge >= 0.3 is 0 Å². The number of thiophene rings is 1. The summed E-state index contributed by atoms with van der Waals surface area (Å²) in [5, 5.41) is 10.0. The fraction of sp³-hybridized carbons (Fsp3) is 0.417. The number of hydrogen-bond donors (Lipinski definition) is 2. The molecule has 0 aromatic carbocycles. The Hall–Kier alpha value is -0.320. The zero-order chi connectivity index (χ0) is 15.8. The van der Waals surface area contributed by atoms with Crippen molar-refractivity contribution in [1.82, 2.24) is 9.71 Å². The Kier molecular flexibility index (Phi) is 5.22. The molecule has 2 heterocycles. The van der Waals surface area contributed by atoms with Crippen LogP contribution in [-0.2, 0) is 16.6 Å². The van der Waals surface area contributed by atoms with Crippen LogP contribution in [-0.4, -0.2) is 18.5 Å². The summed E-state index contributed by atoms with van der Waals surface area (Å²) in [5.74, 6) is 0. The average molecular weight is 411 g/mol. The minimum absolute atomic E-state index is 0.155. The second-order valence-electron chi connectivity index (χ2n) is 4.53. The lowest BCUT2D eigenvalue weighted by Crippen LogP contribution is -2.26. The number of aliphatic hydroxyl groups excluding tert-OH is 1. The molecule has 21 heavy (non-hydrogen) atoms. The van der Waals surface area contributed by atoms with Crippen LogP contribution < -0.4 is 4.72 Å². The first-order valence-electron chi connectivity index (χ1n) is 6.10. The van der Waals surface area contributed by atoms with Crippen LogP contribution in [0.2, 0.25) is 0 Å². The van der Waals surface area contributed by atoms with Crippen molar-refractivity contribution >= 4 is 48.6 Å². The highest BCUT2D eigenvalue weighted by molar-refractivity contribution is 9.11. The predicted molar refractivity (Wildman–Crippen MR) is 88.3 cm³/mol. The Balaban J connectivity index is 2.28. The van der Waals surface area contributed by atoms with Gasteiger partial charge in [-0.25, -0.2) is 18.1 Å². The molecule has 0 saturated carbocycles. The van der Waals surface area contributed by atoms with Crippen LogP contribution in [0.4, 0.5) is 0 Å². The number of aliphatic hydroxyl groups is 1. The van der Waals surface area contributed by atoms with Gasteiger partial charge in [-0.15, -0.1) is 22.7 Å². The fourth-order valence-electron chi connectivity index (χ4n) is 1.96. The van der Waals surface area contributed by atoms with Crippen LogP contribution in [0.3, 0.4) is 0 Å². The van der Waals surface area contributed by atoms with Gasteiger partial charge in [0.05, 0.1) is 27.1 Å². The molecule has 0 saturated heterocycles. The maximum absolute atomic E-state index is 12.5. The number of aryl methyl sites for hydroxylation is 2. The number of aromatic nitrogens is 1. The number of rotatable bonds is 5. The predicted octanol–water partition coefficient (Wildman–Crippen LogP) is 3.12. The Bertz CT molecular complexity index is 752. The number of nitrogens with zero attached hydrogens (tertiary/aromatic N) is 1. The molecule has 1 unspecified atom stereocenters. The van der Waals surface area contributed by atoms with Crippen LogP contribution in [0, 0.1) is 13.8 Å². The molecule has 0 amide bonds. The summed E-state index contributed by atoms with van der Waals surface area (Å²) in [5.41, 5.74) is 0.841. The molecule has 0 fully saturated rings. The van der Waals surface area contributed by atoms with Crippen LogP contribution in [0.25, 0.3) is 0 Å². The van der Waals surface area contributed by atoms with E-state index in [2.05, 4.69) is 25.6 Å². The highest BCUT2D eigenvalue weighted by atomic mass is 79.9. The molecule has 9 heteroatoms. The van der Waals surface area contributed by atoms with Gasteiger partial charge in [0.25, 0.3) is 0 Å². The third kappa shape index (κ3) is 3.72. The first-order valence-corrected chi connectivity index (χ1v) is 10.0. The monoisotopic (exact) mass is 410 g/mol. The van der Waals surface area contributed by atoms with E-state index in [0.29, 0.717) is 8.66 Å². The van der Waals surface area contributed by atoms with Gasteiger partial charge in [-0.2, -0.15) is 0 Å². The second kappa shape index (κ2) is 6.43. The van der Waals surface area contributed by atoms with E-state index in [-0.39, 0.29) is 17.5 Å². The molecule has 0 radical (unpaired) electrons. The van der Waals surface area contributed by atoms with Gasteiger partial charge in [0.15, 0.2) is 0 Å². The molecular formula is C12H15BrN2O3S3. The maximum Gasteiger partial charge on any atom is 0.243 e. The summed E-state index contributed by atoms with van der Waals surface area (Å²) in [6, 6.07) is 1.12. The average Bonchev–Trinajstić information content (AvgIpc) is 2.91. The molecule has 0 aliphatic carbocycles. The van der Waals surface area contributed by atoms with E-state index in [1.807, 2.05) is 13.8 Å². The quantitative estimate of drug-likeness (QED) is 0.793. The second-order valence-corrected chi connectivity index (χ2v) is 9.91. The molecule has 0 aliphatic heterocycles. The fourth-order valence-corrected chi connectivity index (χ4v) is 6.72. The molecule has 2 aromatic heterocycles. The van der Waals surface area contributed by atoms with Gasteiger partial charge in [0.2, 0.25) is 10.0 Å². The largest absolute Gasteiger partial charge is 0.391 e. The Labute approximate surface area is 140 Å². The van der Waals surface area contributed by atoms with Gasteiger partial charge < -0.3 is 5.11 Å². The van der Waals surface area contributed by atoms with Crippen LogP contribution in [0.15, 0.2) is 14.7 Å².